The number of ether oxygens (including phenoxy) is 3. The van der Waals surface area contributed by atoms with Crippen molar-refractivity contribution in [2.45, 2.75) is 45.2 Å². The second-order valence-electron chi connectivity index (χ2n) is 6.17. The lowest BCUT2D eigenvalue weighted by Gasteiger charge is -2.34. The largest absolute Gasteiger partial charge is 0.382 e. The number of rotatable bonds is 10. The van der Waals surface area contributed by atoms with Gasteiger partial charge >= 0.3 is 0 Å². The first-order chi connectivity index (χ1) is 10.1. The van der Waals surface area contributed by atoms with Gasteiger partial charge in [-0.2, -0.15) is 0 Å². The minimum atomic E-state index is 0.230. The van der Waals surface area contributed by atoms with Gasteiger partial charge in [-0.25, -0.2) is 0 Å². The van der Waals surface area contributed by atoms with Crippen LogP contribution >= 0.6 is 0 Å². The van der Waals surface area contributed by atoms with Gasteiger partial charge in [-0.3, -0.25) is 4.90 Å². The molecule has 0 saturated carbocycles. The van der Waals surface area contributed by atoms with Gasteiger partial charge in [0.1, 0.15) is 0 Å². The summed E-state index contributed by atoms with van der Waals surface area (Å²) < 4.78 is 16.0. The first kappa shape index (κ1) is 18.8. The Morgan fingerprint density at radius 2 is 1.81 bits per heavy atom. The summed E-state index contributed by atoms with van der Waals surface area (Å²) in [4.78, 5) is 2.55. The zero-order chi connectivity index (χ0) is 15.6. The molecule has 126 valence electrons. The Labute approximate surface area is 130 Å². The molecule has 0 aliphatic carbocycles. The van der Waals surface area contributed by atoms with Crippen LogP contribution in [-0.4, -0.2) is 76.3 Å². The molecule has 0 aromatic rings. The minimum Gasteiger partial charge on any atom is -0.382 e. The number of hydrogen-bond acceptors (Lipinski definition) is 5. The fraction of sp³-hybridized carbons (Fsp3) is 1.00. The van der Waals surface area contributed by atoms with Gasteiger partial charge in [-0.1, -0.05) is 6.92 Å². The smallest absolute Gasteiger partial charge is 0.0701 e. The van der Waals surface area contributed by atoms with Gasteiger partial charge in [0.25, 0.3) is 0 Å². The highest BCUT2D eigenvalue weighted by atomic mass is 16.5. The van der Waals surface area contributed by atoms with E-state index < -0.39 is 0 Å². The van der Waals surface area contributed by atoms with Crippen molar-refractivity contribution in [1.82, 2.24) is 10.2 Å². The summed E-state index contributed by atoms with van der Waals surface area (Å²) in [5.74, 6) is 0. The second-order valence-corrected chi connectivity index (χ2v) is 6.17. The molecule has 0 spiro atoms. The van der Waals surface area contributed by atoms with Gasteiger partial charge in [-0.15, -0.1) is 0 Å². The van der Waals surface area contributed by atoms with Crippen LogP contribution in [0.2, 0.25) is 0 Å². The van der Waals surface area contributed by atoms with Gasteiger partial charge in [-0.05, 0) is 33.2 Å². The normalized spacial score (nSPS) is 27.7. The Balaban J connectivity index is 2.16. The van der Waals surface area contributed by atoms with Crippen molar-refractivity contribution < 1.29 is 14.2 Å². The van der Waals surface area contributed by atoms with Gasteiger partial charge in [0.05, 0.1) is 33.0 Å². The van der Waals surface area contributed by atoms with Crippen LogP contribution in [0.4, 0.5) is 0 Å². The fourth-order valence-electron chi connectivity index (χ4n) is 2.61. The third kappa shape index (κ3) is 7.56. The molecule has 0 aromatic heterocycles. The molecule has 1 rings (SSSR count). The lowest BCUT2D eigenvalue weighted by Crippen LogP contribution is -2.50. The standard InChI is InChI=1S/C16H34N2O3/c1-5-16(3)14-18(15(2)6-7-17-16)8-9-20-12-13-21-11-10-19-4/h15,17H,5-14H2,1-4H3. The van der Waals surface area contributed by atoms with Crippen LogP contribution < -0.4 is 5.32 Å². The summed E-state index contributed by atoms with van der Waals surface area (Å²) in [7, 11) is 1.68. The molecule has 2 atom stereocenters. The van der Waals surface area contributed by atoms with Crippen molar-refractivity contribution in [3.8, 4) is 0 Å². The molecule has 0 aromatic carbocycles. The Hall–Kier alpha value is -0.200. The number of hydrogen-bond donors (Lipinski definition) is 1. The van der Waals surface area contributed by atoms with Crippen molar-refractivity contribution in [1.29, 1.82) is 0 Å². The van der Waals surface area contributed by atoms with Gasteiger partial charge in [0.15, 0.2) is 0 Å². The average Bonchev–Trinajstić information content (AvgIpc) is 2.62. The summed E-state index contributed by atoms with van der Waals surface area (Å²) >= 11 is 0. The van der Waals surface area contributed by atoms with Crippen LogP contribution in [0.25, 0.3) is 0 Å². The SMILES string of the molecule is CCC1(C)CN(CCOCCOCCOC)C(C)CCN1. The van der Waals surface area contributed by atoms with Crippen molar-refractivity contribution in [3.63, 3.8) is 0 Å². The van der Waals surface area contributed by atoms with E-state index in [1.807, 2.05) is 0 Å². The maximum Gasteiger partial charge on any atom is 0.0701 e. The molecule has 1 N–H and O–H groups in total. The van der Waals surface area contributed by atoms with E-state index in [2.05, 4.69) is 31.0 Å². The van der Waals surface area contributed by atoms with Crippen molar-refractivity contribution in [2.75, 3.05) is 59.8 Å². The summed E-state index contributed by atoms with van der Waals surface area (Å²) in [6.45, 7) is 13.5. The third-order valence-electron chi connectivity index (χ3n) is 4.40. The highest BCUT2D eigenvalue weighted by Crippen LogP contribution is 2.18. The van der Waals surface area contributed by atoms with Gasteiger partial charge in [0, 0.05) is 31.8 Å². The van der Waals surface area contributed by atoms with E-state index in [1.54, 1.807) is 7.11 Å². The van der Waals surface area contributed by atoms with Crippen LogP contribution in [-0.2, 0) is 14.2 Å². The number of methoxy groups -OCH3 is 1. The van der Waals surface area contributed by atoms with Gasteiger partial charge in [0.2, 0.25) is 0 Å². The van der Waals surface area contributed by atoms with Crippen molar-refractivity contribution in [3.05, 3.63) is 0 Å². The van der Waals surface area contributed by atoms with Crippen LogP contribution in [0.1, 0.15) is 33.6 Å². The molecule has 0 bridgehead atoms. The van der Waals surface area contributed by atoms with E-state index in [0.29, 0.717) is 32.5 Å². The topological polar surface area (TPSA) is 43.0 Å². The highest BCUT2D eigenvalue weighted by molar-refractivity contribution is 4.90. The Bertz CT molecular complexity index is 266. The Kier molecular flexibility index (Phi) is 9.44. The van der Waals surface area contributed by atoms with E-state index in [0.717, 1.165) is 32.7 Å². The Morgan fingerprint density at radius 1 is 1.14 bits per heavy atom. The molecule has 5 nitrogen and oxygen atoms in total. The molecule has 1 saturated heterocycles. The van der Waals surface area contributed by atoms with Crippen LogP contribution in [0.5, 0.6) is 0 Å². The number of nitrogens with one attached hydrogen (secondary N) is 1. The van der Waals surface area contributed by atoms with Crippen LogP contribution in [0.15, 0.2) is 0 Å². The lowest BCUT2D eigenvalue weighted by molar-refractivity contribution is 0.0157. The molecule has 21 heavy (non-hydrogen) atoms. The van der Waals surface area contributed by atoms with E-state index in [9.17, 15) is 0 Å². The molecule has 0 radical (unpaired) electrons. The molecule has 5 heteroatoms. The highest BCUT2D eigenvalue weighted by Gasteiger charge is 2.29. The fourth-order valence-corrected chi connectivity index (χ4v) is 2.61. The summed E-state index contributed by atoms with van der Waals surface area (Å²) in [6.07, 6.45) is 2.36. The van der Waals surface area contributed by atoms with Crippen molar-refractivity contribution >= 4 is 0 Å². The van der Waals surface area contributed by atoms with Crippen LogP contribution in [0.3, 0.4) is 0 Å². The molecule has 2 unspecified atom stereocenters. The summed E-state index contributed by atoms with van der Waals surface area (Å²) in [6, 6.07) is 0.618. The molecule has 1 aliphatic rings. The zero-order valence-electron chi connectivity index (χ0n) is 14.3. The van der Waals surface area contributed by atoms with E-state index in [4.69, 9.17) is 14.2 Å². The number of nitrogens with zero attached hydrogens (tertiary/aromatic N) is 1. The maximum atomic E-state index is 5.68. The molecule has 1 heterocycles. The van der Waals surface area contributed by atoms with Crippen molar-refractivity contribution in [2.24, 2.45) is 0 Å². The van der Waals surface area contributed by atoms with Crippen LogP contribution in [0, 0.1) is 0 Å². The maximum absolute atomic E-state index is 5.68. The van der Waals surface area contributed by atoms with E-state index >= 15 is 0 Å². The van der Waals surface area contributed by atoms with E-state index in [1.165, 1.54) is 6.42 Å². The summed E-state index contributed by atoms with van der Waals surface area (Å²) in [5, 5.41) is 3.68. The molecular formula is C16H34N2O3. The minimum absolute atomic E-state index is 0.230. The predicted molar refractivity (Wildman–Crippen MR) is 85.9 cm³/mol. The molecule has 1 aliphatic heterocycles. The lowest BCUT2D eigenvalue weighted by atomic mass is 9.98. The predicted octanol–water partition coefficient (Wildman–Crippen LogP) is 1.52. The first-order valence-corrected chi connectivity index (χ1v) is 8.25. The molecule has 1 fully saturated rings. The quantitative estimate of drug-likeness (QED) is 0.620. The second kappa shape index (κ2) is 10.5. The zero-order valence-corrected chi connectivity index (χ0v) is 14.3. The monoisotopic (exact) mass is 302 g/mol. The van der Waals surface area contributed by atoms with E-state index in [-0.39, 0.29) is 5.54 Å². The average molecular weight is 302 g/mol. The first-order valence-electron chi connectivity index (χ1n) is 8.25. The molecule has 0 amide bonds. The Morgan fingerprint density at radius 3 is 2.48 bits per heavy atom. The third-order valence-corrected chi connectivity index (χ3v) is 4.40. The van der Waals surface area contributed by atoms with Gasteiger partial charge < -0.3 is 19.5 Å². The molecular weight excluding hydrogens is 268 g/mol. The summed E-state index contributed by atoms with van der Waals surface area (Å²) in [5.41, 5.74) is 0.230.